The molecule has 2 amide bonds. The van der Waals surface area contributed by atoms with E-state index in [-0.39, 0.29) is 11.8 Å². The van der Waals surface area contributed by atoms with Crippen LogP contribution in [0.5, 0.6) is 5.75 Å². The summed E-state index contributed by atoms with van der Waals surface area (Å²) in [5, 5.41) is 0. The molecule has 1 aliphatic carbocycles. The van der Waals surface area contributed by atoms with Gasteiger partial charge in [0.1, 0.15) is 5.75 Å². The quantitative estimate of drug-likeness (QED) is 0.662. The Labute approximate surface area is 117 Å². The van der Waals surface area contributed by atoms with Gasteiger partial charge in [0, 0.05) is 6.42 Å². The van der Waals surface area contributed by atoms with Crippen LogP contribution in [0.1, 0.15) is 32.1 Å². The van der Waals surface area contributed by atoms with Crippen molar-refractivity contribution < 1.29 is 14.3 Å². The van der Waals surface area contributed by atoms with E-state index in [9.17, 15) is 9.59 Å². The first-order valence-corrected chi connectivity index (χ1v) is 6.88. The van der Waals surface area contributed by atoms with Gasteiger partial charge < -0.3 is 10.5 Å². The lowest BCUT2D eigenvalue weighted by Crippen LogP contribution is -2.34. The van der Waals surface area contributed by atoms with E-state index >= 15 is 0 Å². The second-order valence-corrected chi connectivity index (χ2v) is 5.62. The molecule has 0 radical (unpaired) electrons. The summed E-state index contributed by atoms with van der Waals surface area (Å²) in [6.07, 6.45) is 4.02. The molecule has 0 unspecified atom stereocenters. The fraction of sp³-hybridized carbons (Fsp3) is 0.467. The number of imide groups is 1. The molecule has 3 rings (SSSR count). The van der Waals surface area contributed by atoms with Gasteiger partial charge in [-0.05, 0) is 31.0 Å². The lowest BCUT2D eigenvalue weighted by atomic mass is 9.84. The highest BCUT2D eigenvalue weighted by Gasteiger charge is 2.53. The van der Waals surface area contributed by atoms with E-state index in [2.05, 4.69) is 0 Å². The zero-order valence-electron chi connectivity index (χ0n) is 11.5. The van der Waals surface area contributed by atoms with Gasteiger partial charge in [-0.1, -0.05) is 12.8 Å². The molecule has 1 spiro atoms. The van der Waals surface area contributed by atoms with Crippen LogP contribution in [0.4, 0.5) is 11.4 Å². The normalized spacial score (nSPS) is 20.9. The molecular formula is C15H18N2O3. The number of nitrogens with zero attached hydrogens (tertiary/aromatic N) is 1. The summed E-state index contributed by atoms with van der Waals surface area (Å²) in [4.78, 5) is 26.2. The van der Waals surface area contributed by atoms with E-state index in [0.29, 0.717) is 23.5 Å². The molecule has 0 aromatic heterocycles. The predicted octanol–water partition coefficient (Wildman–Crippen LogP) is 2.10. The van der Waals surface area contributed by atoms with Crippen LogP contribution < -0.4 is 15.4 Å². The maximum atomic E-state index is 12.6. The molecule has 1 aromatic rings. The molecule has 2 aliphatic rings. The number of benzene rings is 1. The maximum absolute atomic E-state index is 12.6. The van der Waals surface area contributed by atoms with Crippen molar-refractivity contribution in [2.45, 2.75) is 32.1 Å². The van der Waals surface area contributed by atoms with Gasteiger partial charge in [0.2, 0.25) is 11.8 Å². The van der Waals surface area contributed by atoms with Gasteiger partial charge in [-0.25, -0.2) is 4.90 Å². The van der Waals surface area contributed by atoms with Gasteiger partial charge in [-0.2, -0.15) is 0 Å². The lowest BCUT2D eigenvalue weighted by Gasteiger charge is -2.21. The van der Waals surface area contributed by atoms with Crippen molar-refractivity contribution in [1.82, 2.24) is 0 Å². The van der Waals surface area contributed by atoms with Crippen LogP contribution in [0.2, 0.25) is 0 Å². The molecule has 1 aliphatic heterocycles. The van der Waals surface area contributed by atoms with Crippen molar-refractivity contribution in [1.29, 1.82) is 0 Å². The first-order valence-electron chi connectivity index (χ1n) is 6.88. The molecule has 106 valence electrons. The minimum atomic E-state index is -0.453. The highest BCUT2D eigenvalue weighted by Crippen LogP contribution is 2.48. The monoisotopic (exact) mass is 274 g/mol. The molecule has 0 bridgehead atoms. The third kappa shape index (κ3) is 1.77. The zero-order chi connectivity index (χ0) is 14.3. The van der Waals surface area contributed by atoms with Crippen LogP contribution in [0, 0.1) is 5.41 Å². The molecule has 1 heterocycles. The van der Waals surface area contributed by atoms with Crippen molar-refractivity contribution in [2.75, 3.05) is 17.7 Å². The van der Waals surface area contributed by atoms with Crippen molar-refractivity contribution in [3.8, 4) is 5.75 Å². The van der Waals surface area contributed by atoms with Gasteiger partial charge in [-0.3, -0.25) is 9.59 Å². The van der Waals surface area contributed by atoms with Crippen LogP contribution in [-0.2, 0) is 9.59 Å². The molecule has 5 nitrogen and oxygen atoms in total. The first-order chi connectivity index (χ1) is 9.57. The third-order valence-corrected chi connectivity index (χ3v) is 4.43. The van der Waals surface area contributed by atoms with E-state index < -0.39 is 5.41 Å². The largest absolute Gasteiger partial charge is 0.495 e. The number of carbonyl (C=O) groups excluding carboxylic acids is 2. The van der Waals surface area contributed by atoms with Crippen LogP contribution >= 0.6 is 0 Å². The Morgan fingerprint density at radius 1 is 1.25 bits per heavy atom. The maximum Gasteiger partial charge on any atom is 0.240 e. The Hall–Kier alpha value is -2.04. The Bertz CT molecular complexity index is 576. The number of carbonyl (C=O) groups is 2. The molecule has 2 N–H and O–H groups in total. The van der Waals surface area contributed by atoms with Gasteiger partial charge in [-0.15, -0.1) is 0 Å². The van der Waals surface area contributed by atoms with Crippen LogP contribution in [0.25, 0.3) is 0 Å². The topological polar surface area (TPSA) is 72.6 Å². The summed E-state index contributed by atoms with van der Waals surface area (Å²) in [6.45, 7) is 0. The second-order valence-electron chi connectivity index (χ2n) is 5.62. The SMILES string of the molecule is COc1ccc(N2C(=O)CC3(CCCC3)C2=O)cc1N. The molecule has 20 heavy (non-hydrogen) atoms. The van der Waals surface area contributed by atoms with Gasteiger partial charge in [0.25, 0.3) is 0 Å². The van der Waals surface area contributed by atoms with Crippen molar-refractivity contribution in [3.63, 3.8) is 0 Å². The summed E-state index contributed by atoms with van der Waals surface area (Å²) in [5.74, 6) is 0.356. The fourth-order valence-electron chi connectivity index (χ4n) is 3.36. The predicted molar refractivity (Wildman–Crippen MR) is 75.4 cm³/mol. The lowest BCUT2D eigenvalue weighted by molar-refractivity contribution is -0.125. The Kier molecular flexibility index (Phi) is 2.92. The summed E-state index contributed by atoms with van der Waals surface area (Å²) >= 11 is 0. The number of rotatable bonds is 2. The minimum Gasteiger partial charge on any atom is -0.495 e. The number of nitrogen functional groups attached to an aromatic ring is 1. The summed E-state index contributed by atoms with van der Waals surface area (Å²) in [5.41, 5.74) is 6.38. The second kappa shape index (κ2) is 4.51. The molecule has 1 aromatic carbocycles. The summed E-state index contributed by atoms with van der Waals surface area (Å²) < 4.78 is 5.10. The number of hydrogen-bond donors (Lipinski definition) is 1. The number of ether oxygens (including phenoxy) is 1. The standard InChI is InChI=1S/C15H18N2O3/c1-20-12-5-4-10(8-11(12)16)17-13(18)9-15(14(17)19)6-2-3-7-15/h4-5,8H,2-3,6-7,9,16H2,1H3. The average Bonchev–Trinajstić information content (AvgIpc) is 2.97. The Morgan fingerprint density at radius 2 is 1.95 bits per heavy atom. The summed E-state index contributed by atoms with van der Waals surface area (Å²) in [7, 11) is 1.53. The van der Waals surface area contributed by atoms with Crippen molar-refractivity contribution >= 4 is 23.2 Å². The highest BCUT2D eigenvalue weighted by atomic mass is 16.5. The smallest absolute Gasteiger partial charge is 0.240 e. The average molecular weight is 274 g/mol. The Morgan fingerprint density at radius 3 is 2.55 bits per heavy atom. The Balaban J connectivity index is 1.96. The van der Waals surface area contributed by atoms with E-state index in [1.54, 1.807) is 18.2 Å². The number of anilines is 2. The van der Waals surface area contributed by atoms with Crippen molar-refractivity contribution in [3.05, 3.63) is 18.2 Å². The number of nitrogens with two attached hydrogens (primary N) is 1. The number of methoxy groups -OCH3 is 1. The molecule has 1 saturated heterocycles. The number of amides is 2. The highest BCUT2D eigenvalue weighted by molar-refractivity contribution is 6.22. The van der Waals surface area contributed by atoms with E-state index in [0.717, 1.165) is 25.7 Å². The zero-order valence-corrected chi connectivity index (χ0v) is 11.5. The van der Waals surface area contributed by atoms with E-state index in [1.807, 2.05) is 0 Å². The molecular weight excluding hydrogens is 256 g/mol. The van der Waals surface area contributed by atoms with Crippen molar-refractivity contribution in [2.24, 2.45) is 5.41 Å². The molecule has 5 heteroatoms. The summed E-state index contributed by atoms with van der Waals surface area (Å²) in [6, 6.07) is 5.02. The van der Waals surface area contributed by atoms with E-state index in [1.165, 1.54) is 12.0 Å². The number of hydrogen-bond acceptors (Lipinski definition) is 4. The van der Waals surface area contributed by atoms with Gasteiger partial charge in [0.15, 0.2) is 0 Å². The first kappa shape index (κ1) is 13.0. The fourth-order valence-corrected chi connectivity index (χ4v) is 3.36. The third-order valence-electron chi connectivity index (χ3n) is 4.43. The molecule has 0 atom stereocenters. The van der Waals surface area contributed by atoms with Crippen LogP contribution in [-0.4, -0.2) is 18.9 Å². The van der Waals surface area contributed by atoms with E-state index in [4.69, 9.17) is 10.5 Å². The van der Waals surface area contributed by atoms with Crippen LogP contribution in [0.3, 0.4) is 0 Å². The molecule has 1 saturated carbocycles. The van der Waals surface area contributed by atoms with Gasteiger partial charge in [0.05, 0.1) is 23.9 Å². The van der Waals surface area contributed by atoms with Crippen LogP contribution in [0.15, 0.2) is 18.2 Å². The van der Waals surface area contributed by atoms with Gasteiger partial charge >= 0.3 is 0 Å². The molecule has 2 fully saturated rings. The minimum absolute atomic E-state index is 0.0652.